The summed E-state index contributed by atoms with van der Waals surface area (Å²) in [4.78, 5) is 11.9. The summed E-state index contributed by atoms with van der Waals surface area (Å²) in [6.07, 6.45) is 0. The number of carbonyl (C=O) groups is 1. The fourth-order valence-electron chi connectivity index (χ4n) is 1.90. The van der Waals surface area contributed by atoms with Crippen LogP contribution in [0.25, 0.3) is 0 Å². The standard InChI is InChI=1S/C16H13FN2O2/c1-10-5-13(19)7-14(15(10)17)16(20)21-9-12-4-2-3-11(6-12)8-18/h2-7H,9,19H2,1H3. The number of esters is 1. The van der Waals surface area contributed by atoms with Crippen molar-refractivity contribution in [3.05, 3.63) is 64.5 Å². The zero-order valence-corrected chi connectivity index (χ0v) is 11.4. The van der Waals surface area contributed by atoms with Crippen LogP contribution >= 0.6 is 0 Å². The Hall–Kier alpha value is -2.87. The van der Waals surface area contributed by atoms with Crippen LogP contribution in [0.15, 0.2) is 36.4 Å². The van der Waals surface area contributed by atoms with Gasteiger partial charge < -0.3 is 10.5 Å². The first-order valence-electron chi connectivity index (χ1n) is 6.23. The van der Waals surface area contributed by atoms with Gasteiger partial charge in [0.15, 0.2) is 0 Å². The van der Waals surface area contributed by atoms with Gasteiger partial charge in [0.25, 0.3) is 0 Å². The van der Waals surface area contributed by atoms with E-state index in [9.17, 15) is 9.18 Å². The second kappa shape index (κ2) is 6.06. The molecule has 0 aliphatic rings. The lowest BCUT2D eigenvalue weighted by molar-refractivity contribution is 0.0467. The van der Waals surface area contributed by atoms with E-state index in [4.69, 9.17) is 15.7 Å². The van der Waals surface area contributed by atoms with Gasteiger partial charge in [0.05, 0.1) is 17.2 Å². The minimum absolute atomic E-state index is 0.0400. The van der Waals surface area contributed by atoms with Gasteiger partial charge in [-0.15, -0.1) is 0 Å². The van der Waals surface area contributed by atoms with Crippen molar-refractivity contribution in [2.75, 3.05) is 5.73 Å². The molecule has 0 amide bonds. The van der Waals surface area contributed by atoms with Gasteiger partial charge in [-0.25, -0.2) is 9.18 Å². The SMILES string of the molecule is Cc1cc(N)cc(C(=O)OCc2cccc(C#N)c2)c1F. The lowest BCUT2D eigenvalue weighted by Gasteiger charge is -2.08. The number of halogens is 1. The molecule has 0 aromatic heterocycles. The summed E-state index contributed by atoms with van der Waals surface area (Å²) in [5.74, 6) is -1.43. The minimum atomic E-state index is -0.787. The largest absolute Gasteiger partial charge is 0.457 e. The van der Waals surface area contributed by atoms with Crippen molar-refractivity contribution in [2.24, 2.45) is 0 Å². The number of carbonyl (C=O) groups excluding carboxylic acids is 1. The number of nitrogens with zero attached hydrogens (tertiary/aromatic N) is 1. The molecule has 0 aliphatic carbocycles. The van der Waals surface area contributed by atoms with E-state index in [1.165, 1.54) is 19.1 Å². The van der Waals surface area contributed by atoms with Gasteiger partial charge in [0.2, 0.25) is 0 Å². The summed E-state index contributed by atoms with van der Waals surface area (Å²) < 4.78 is 18.9. The molecule has 21 heavy (non-hydrogen) atoms. The van der Waals surface area contributed by atoms with E-state index in [0.717, 1.165) is 0 Å². The van der Waals surface area contributed by atoms with Gasteiger partial charge in [0.1, 0.15) is 12.4 Å². The highest BCUT2D eigenvalue weighted by Gasteiger charge is 2.16. The Kier molecular flexibility index (Phi) is 4.19. The quantitative estimate of drug-likeness (QED) is 0.694. The lowest BCUT2D eigenvalue weighted by atomic mass is 10.1. The fourth-order valence-corrected chi connectivity index (χ4v) is 1.90. The zero-order valence-electron chi connectivity index (χ0n) is 11.4. The van der Waals surface area contributed by atoms with Gasteiger partial charge in [-0.3, -0.25) is 0 Å². The van der Waals surface area contributed by atoms with E-state index in [1.54, 1.807) is 24.3 Å². The normalized spacial score (nSPS) is 9.95. The zero-order chi connectivity index (χ0) is 15.4. The Bertz CT molecular complexity index is 736. The Morgan fingerprint density at radius 1 is 1.38 bits per heavy atom. The van der Waals surface area contributed by atoms with Crippen molar-refractivity contribution in [3.63, 3.8) is 0 Å². The summed E-state index contributed by atoms with van der Waals surface area (Å²) in [5, 5.41) is 8.79. The third kappa shape index (κ3) is 3.37. The van der Waals surface area contributed by atoms with Crippen molar-refractivity contribution < 1.29 is 13.9 Å². The molecule has 0 fully saturated rings. The Morgan fingerprint density at radius 3 is 2.86 bits per heavy atom. The number of hydrogen-bond donors (Lipinski definition) is 1. The summed E-state index contributed by atoms with van der Waals surface area (Å²) in [6, 6.07) is 11.3. The van der Waals surface area contributed by atoms with Crippen LogP contribution in [0.2, 0.25) is 0 Å². The molecule has 0 aliphatic heterocycles. The number of ether oxygens (including phenoxy) is 1. The highest BCUT2D eigenvalue weighted by Crippen LogP contribution is 2.18. The molecule has 0 spiro atoms. The molecular weight excluding hydrogens is 271 g/mol. The number of nitrogen functional groups attached to an aromatic ring is 1. The Balaban J connectivity index is 2.14. The molecule has 4 nitrogen and oxygen atoms in total. The fraction of sp³-hybridized carbons (Fsp3) is 0.125. The van der Waals surface area contributed by atoms with E-state index >= 15 is 0 Å². The molecule has 106 valence electrons. The summed E-state index contributed by atoms with van der Waals surface area (Å²) >= 11 is 0. The minimum Gasteiger partial charge on any atom is -0.457 e. The third-order valence-corrected chi connectivity index (χ3v) is 2.92. The molecule has 0 saturated carbocycles. The van der Waals surface area contributed by atoms with Crippen molar-refractivity contribution in [1.82, 2.24) is 0 Å². The molecule has 2 aromatic carbocycles. The number of aryl methyl sites for hydroxylation is 1. The molecule has 0 radical (unpaired) electrons. The maximum Gasteiger partial charge on any atom is 0.341 e. The first kappa shape index (κ1) is 14.5. The van der Waals surface area contributed by atoms with Crippen LogP contribution in [0.3, 0.4) is 0 Å². The van der Waals surface area contributed by atoms with E-state index in [1.807, 2.05) is 6.07 Å². The van der Waals surface area contributed by atoms with Crippen molar-refractivity contribution >= 4 is 11.7 Å². The second-order valence-electron chi connectivity index (χ2n) is 4.59. The maximum absolute atomic E-state index is 13.9. The molecule has 0 unspecified atom stereocenters. The van der Waals surface area contributed by atoms with Gasteiger partial charge in [0, 0.05) is 5.69 Å². The predicted molar refractivity (Wildman–Crippen MR) is 75.8 cm³/mol. The van der Waals surface area contributed by atoms with Crippen LogP contribution in [-0.4, -0.2) is 5.97 Å². The predicted octanol–water partition coefficient (Wildman–Crippen LogP) is 2.95. The first-order valence-corrected chi connectivity index (χ1v) is 6.23. The molecule has 0 heterocycles. The van der Waals surface area contributed by atoms with Gasteiger partial charge in [-0.05, 0) is 42.3 Å². The van der Waals surface area contributed by atoms with E-state index in [-0.39, 0.29) is 17.7 Å². The molecule has 5 heteroatoms. The van der Waals surface area contributed by atoms with E-state index < -0.39 is 11.8 Å². The maximum atomic E-state index is 13.9. The third-order valence-electron chi connectivity index (χ3n) is 2.92. The molecule has 0 bridgehead atoms. The summed E-state index contributed by atoms with van der Waals surface area (Å²) in [5.41, 5.74) is 7.12. The number of anilines is 1. The molecule has 2 N–H and O–H groups in total. The van der Waals surface area contributed by atoms with Crippen LogP contribution < -0.4 is 5.73 Å². The molecule has 2 rings (SSSR count). The number of rotatable bonds is 3. The Labute approximate surface area is 121 Å². The highest BCUT2D eigenvalue weighted by molar-refractivity contribution is 5.91. The van der Waals surface area contributed by atoms with Crippen LogP contribution in [0.1, 0.15) is 27.0 Å². The lowest BCUT2D eigenvalue weighted by Crippen LogP contribution is -2.09. The Morgan fingerprint density at radius 2 is 2.14 bits per heavy atom. The average Bonchev–Trinajstić information content (AvgIpc) is 2.48. The molecule has 0 saturated heterocycles. The second-order valence-corrected chi connectivity index (χ2v) is 4.59. The van der Waals surface area contributed by atoms with Gasteiger partial charge >= 0.3 is 5.97 Å². The van der Waals surface area contributed by atoms with Crippen molar-refractivity contribution in [2.45, 2.75) is 13.5 Å². The molecule has 0 atom stereocenters. The topological polar surface area (TPSA) is 76.1 Å². The number of hydrogen-bond acceptors (Lipinski definition) is 4. The van der Waals surface area contributed by atoms with Gasteiger partial charge in [-0.2, -0.15) is 5.26 Å². The number of benzene rings is 2. The van der Waals surface area contributed by atoms with Crippen LogP contribution in [0.4, 0.5) is 10.1 Å². The molecule has 2 aromatic rings. The highest BCUT2D eigenvalue weighted by atomic mass is 19.1. The average molecular weight is 284 g/mol. The van der Waals surface area contributed by atoms with Crippen LogP contribution in [-0.2, 0) is 11.3 Å². The number of nitrogens with two attached hydrogens (primary N) is 1. The smallest absolute Gasteiger partial charge is 0.341 e. The summed E-state index contributed by atoms with van der Waals surface area (Å²) in [6.45, 7) is 1.49. The van der Waals surface area contributed by atoms with Crippen molar-refractivity contribution in [3.8, 4) is 6.07 Å². The van der Waals surface area contributed by atoms with E-state index in [2.05, 4.69) is 0 Å². The monoisotopic (exact) mass is 284 g/mol. The van der Waals surface area contributed by atoms with Gasteiger partial charge in [-0.1, -0.05) is 12.1 Å². The van der Waals surface area contributed by atoms with E-state index in [0.29, 0.717) is 16.8 Å². The summed E-state index contributed by atoms with van der Waals surface area (Å²) in [7, 11) is 0. The molecular formula is C16H13FN2O2. The first-order chi connectivity index (χ1) is 10.0. The van der Waals surface area contributed by atoms with Crippen LogP contribution in [0.5, 0.6) is 0 Å². The van der Waals surface area contributed by atoms with Crippen LogP contribution in [0, 0.1) is 24.1 Å². The van der Waals surface area contributed by atoms with Crippen molar-refractivity contribution in [1.29, 1.82) is 5.26 Å². The number of nitriles is 1.